The summed E-state index contributed by atoms with van der Waals surface area (Å²) in [7, 11) is 2.40. The molecule has 0 radical (unpaired) electrons. The molecular formula is C19H24N6O2S. The summed E-state index contributed by atoms with van der Waals surface area (Å²) in [4.78, 5) is 10.9. The first-order valence-electron chi connectivity index (χ1n) is 8.73. The van der Waals surface area contributed by atoms with Crippen LogP contribution in [-0.4, -0.2) is 53.4 Å². The molecule has 0 fully saturated rings. The third kappa shape index (κ3) is 4.56. The van der Waals surface area contributed by atoms with Gasteiger partial charge in [0.1, 0.15) is 15.4 Å². The van der Waals surface area contributed by atoms with E-state index in [9.17, 15) is 4.21 Å². The smallest absolute Gasteiger partial charge is 0.240 e. The number of likely N-dealkylation sites (N-methyl/N-ethyl adjacent to an activating group) is 1. The normalized spacial score (nSPS) is 13.4. The van der Waals surface area contributed by atoms with E-state index in [2.05, 4.69) is 20.0 Å². The van der Waals surface area contributed by atoms with Crippen molar-refractivity contribution >= 4 is 32.2 Å². The van der Waals surface area contributed by atoms with Gasteiger partial charge in [-0.2, -0.15) is 0 Å². The van der Waals surface area contributed by atoms with Crippen molar-refractivity contribution in [2.45, 2.75) is 4.90 Å². The molecule has 0 saturated carbocycles. The van der Waals surface area contributed by atoms with Crippen molar-refractivity contribution in [1.82, 2.24) is 19.6 Å². The van der Waals surface area contributed by atoms with Gasteiger partial charge in [-0.25, -0.2) is 18.7 Å². The summed E-state index contributed by atoms with van der Waals surface area (Å²) in [5.74, 6) is 0.467. The van der Waals surface area contributed by atoms with E-state index in [-0.39, 0.29) is 0 Å². The molecule has 1 aromatic carbocycles. The summed E-state index contributed by atoms with van der Waals surface area (Å²) in [5, 5.41) is 4.21. The van der Waals surface area contributed by atoms with E-state index in [1.165, 1.54) is 0 Å². The van der Waals surface area contributed by atoms with Crippen LogP contribution in [0.1, 0.15) is 0 Å². The van der Waals surface area contributed by atoms with E-state index in [0.717, 1.165) is 16.8 Å². The number of ether oxygens (including phenoxy) is 1. The van der Waals surface area contributed by atoms with Gasteiger partial charge >= 0.3 is 0 Å². The van der Waals surface area contributed by atoms with E-state index in [0.29, 0.717) is 29.4 Å². The number of aromatic nitrogens is 2. The lowest BCUT2D eigenvalue weighted by atomic mass is 10.2. The minimum absolute atomic E-state index is 0.447. The monoisotopic (exact) mass is 400 g/mol. The maximum Gasteiger partial charge on any atom is 0.240 e. The second kappa shape index (κ2) is 8.51. The fraction of sp³-hybridized carbons (Fsp3) is 0.263. The molecule has 0 aliphatic rings. The lowest BCUT2D eigenvalue weighted by Crippen LogP contribution is -2.30. The molecule has 28 heavy (non-hydrogen) atoms. The summed E-state index contributed by atoms with van der Waals surface area (Å²) in [6.45, 7) is 1.19. The number of nitrogens with zero attached hydrogens (tertiary/aromatic N) is 3. The zero-order valence-corrected chi connectivity index (χ0v) is 16.9. The molecule has 8 nitrogen and oxygen atoms in total. The maximum absolute atomic E-state index is 12.6. The van der Waals surface area contributed by atoms with Crippen molar-refractivity contribution in [3.63, 3.8) is 0 Å². The third-order valence-corrected chi connectivity index (χ3v) is 5.70. The Morgan fingerprint density at radius 1 is 1.11 bits per heavy atom. The molecule has 3 N–H and O–H groups in total. The number of nitrogens with one attached hydrogen (secondary N) is 3. The van der Waals surface area contributed by atoms with Crippen LogP contribution in [0, 0.1) is 4.78 Å². The number of pyridine rings is 2. The largest absolute Gasteiger partial charge is 0.479 e. The molecule has 2 aromatic heterocycles. The Labute approximate surface area is 165 Å². The fourth-order valence-electron chi connectivity index (χ4n) is 2.69. The van der Waals surface area contributed by atoms with Crippen LogP contribution in [0.4, 0.5) is 11.4 Å². The lowest BCUT2D eigenvalue weighted by Gasteiger charge is -2.14. The molecule has 9 heteroatoms. The van der Waals surface area contributed by atoms with Gasteiger partial charge in [0.05, 0.1) is 12.0 Å². The standard InChI is InChI=1S/C19H24N6O2S/c1-25(2)13-12-23-28(20,26)15-6-4-14(5-7-15)24-17-9-11-21-18-16(17)8-10-22-19(18)27-3/h4-11H,12-13H2,1-3H3,(H,21,24)(H2,20,23,26)/t28-/m1/s1. The van der Waals surface area contributed by atoms with Gasteiger partial charge in [-0.1, -0.05) is 0 Å². The van der Waals surface area contributed by atoms with Gasteiger partial charge < -0.3 is 15.0 Å². The van der Waals surface area contributed by atoms with E-state index >= 15 is 0 Å². The number of fused-ring (bicyclic) bond motifs is 1. The molecule has 0 unspecified atom stereocenters. The second-order valence-electron chi connectivity index (χ2n) is 6.48. The van der Waals surface area contributed by atoms with Crippen molar-refractivity contribution in [2.24, 2.45) is 0 Å². The topological polar surface area (TPSA) is 103 Å². The van der Waals surface area contributed by atoms with E-state index in [4.69, 9.17) is 9.52 Å². The van der Waals surface area contributed by atoms with Crippen molar-refractivity contribution in [1.29, 1.82) is 4.78 Å². The predicted molar refractivity (Wildman–Crippen MR) is 111 cm³/mol. The second-order valence-corrected chi connectivity index (χ2v) is 8.35. The van der Waals surface area contributed by atoms with Crippen LogP contribution < -0.4 is 14.8 Å². The number of methoxy groups -OCH3 is 1. The minimum atomic E-state index is -3.03. The third-order valence-electron chi connectivity index (χ3n) is 4.15. The predicted octanol–water partition coefficient (Wildman–Crippen LogP) is 2.85. The number of rotatable bonds is 8. The number of hydrogen-bond acceptors (Lipinski definition) is 7. The highest BCUT2D eigenvalue weighted by molar-refractivity contribution is 7.90. The van der Waals surface area contributed by atoms with Crippen LogP contribution in [-0.2, 0) is 9.92 Å². The van der Waals surface area contributed by atoms with Crippen molar-refractivity contribution in [2.75, 3.05) is 39.6 Å². The molecule has 1 atom stereocenters. The average Bonchev–Trinajstić information content (AvgIpc) is 2.68. The van der Waals surface area contributed by atoms with Crippen molar-refractivity contribution < 1.29 is 8.95 Å². The molecule has 3 aromatic rings. The highest BCUT2D eigenvalue weighted by Gasteiger charge is 2.11. The number of benzene rings is 1. The first-order chi connectivity index (χ1) is 13.4. The van der Waals surface area contributed by atoms with Crippen molar-refractivity contribution in [3.8, 4) is 5.88 Å². The first kappa shape index (κ1) is 20.0. The molecule has 148 valence electrons. The van der Waals surface area contributed by atoms with Crippen LogP contribution in [0.2, 0.25) is 0 Å². The SMILES string of the molecule is COc1nccc2c(Nc3ccc([S@](=N)(=O)NCCN(C)C)cc3)ccnc12. The van der Waals surface area contributed by atoms with Crippen LogP contribution in [0.5, 0.6) is 5.88 Å². The van der Waals surface area contributed by atoms with E-state index in [1.807, 2.05) is 43.3 Å². The fourth-order valence-corrected chi connectivity index (χ4v) is 3.76. The molecule has 2 heterocycles. The van der Waals surface area contributed by atoms with Crippen LogP contribution in [0.3, 0.4) is 0 Å². The molecule has 0 aliphatic heterocycles. The Kier molecular flexibility index (Phi) is 6.08. The van der Waals surface area contributed by atoms with Crippen LogP contribution in [0.15, 0.2) is 53.7 Å². The Morgan fingerprint density at radius 3 is 2.50 bits per heavy atom. The minimum Gasteiger partial charge on any atom is -0.479 e. The van der Waals surface area contributed by atoms with Crippen LogP contribution >= 0.6 is 0 Å². The number of anilines is 2. The molecule has 0 bridgehead atoms. The van der Waals surface area contributed by atoms with Gasteiger partial charge in [0.2, 0.25) is 5.88 Å². The van der Waals surface area contributed by atoms with Gasteiger partial charge in [0.25, 0.3) is 0 Å². The van der Waals surface area contributed by atoms with Gasteiger partial charge in [0, 0.05) is 42.2 Å². The Balaban J connectivity index is 1.79. The van der Waals surface area contributed by atoms with E-state index < -0.39 is 9.92 Å². The summed E-state index contributed by atoms with van der Waals surface area (Å²) >= 11 is 0. The molecule has 0 aliphatic carbocycles. The van der Waals surface area contributed by atoms with Gasteiger partial charge in [-0.3, -0.25) is 4.98 Å². The van der Waals surface area contributed by atoms with Crippen molar-refractivity contribution in [3.05, 3.63) is 48.8 Å². The summed E-state index contributed by atoms with van der Waals surface area (Å²) in [6, 6.07) is 10.8. The lowest BCUT2D eigenvalue weighted by molar-refractivity contribution is 0.402. The molecule has 3 rings (SSSR count). The summed E-state index contributed by atoms with van der Waals surface area (Å²) < 4.78 is 28.8. The molecular weight excluding hydrogens is 376 g/mol. The Hall–Kier alpha value is -2.75. The van der Waals surface area contributed by atoms with E-state index in [1.54, 1.807) is 31.6 Å². The zero-order chi connectivity index (χ0) is 20.1. The molecule has 0 amide bonds. The summed E-state index contributed by atoms with van der Waals surface area (Å²) in [5.41, 5.74) is 2.34. The average molecular weight is 401 g/mol. The Morgan fingerprint density at radius 2 is 1.82 bits per heavy atom. The zero-order valence-electron chi connectivity index (χ0n) is 16.1. The Bertz CT molecular complexity index is 1050. The first-order valence-corrected chi connectivity index (χ1v) is 10.3. The van der Waals surface area contributed by atoms with Gasteiger partial charge in [0.15, 0.2) is 0 Å². The van der Waals surface area contributed by atoms with Gasteiger partial charge in [-0.05, 0) is 50.5 Å². The molecule has 0 spiro atoms. The highest BCUT2D eigenvalue weighted by atomic mass is 32.2. The highest BCUT2D eigenvalue weighted by Crippen LogP contribution is 2.29. The maximum atomic E-state index is 12.6. The van der Waals surface area contributed by atoms with Crippen LogP contribution in [0.25, 0.3) is 10.9 Å². The quantitative estimate of drug-likeness (QED) is 0.537. The molecule has 0 saturated heterocycles. The van der Waals surface area contributed by atoms with Gasteiger partial charge in [-0.15, -0.1) is 0 Å². The summed E-state index contributed by atoms with van der Waals surface area (Å²) in [6.07, 6.45) is 3.36. The number of hydrogen-bond donors (Lipinski definition) is 3.